The van der Waals surface area contributed by atoms with Crippen LogP contribution >= 0.6 is 12.2 Å². The van der Waals surface area contributed by atoms with Crippen molar-refractivity contribution in [3.05, 3.63) is 0 Å². The first-order valence-corrected chi connectivity index (χ1v) is 7.41. The van der Waals surface area contributed by atoms with E-state index in [9.17, 15) is 0 Å². The minimum absolute atomic E-state index is 0.263. The predicted molar refractivity (Wildman–Crippen MR) is 77.8 cm³/mol. The van der Waals surface area contributed by atoms with E-state index in [0.717, 1.165) is 5.11 Å². The Morgan fingerprint density at radius 2 is 2.22 bits per heavy atom. The van der Waals surface area contributed by atoms with Gasteiger partial charge < -0.3 is 15.4 Å². The van der Waals surface area contributed by atoms with Crippen molar-refractivity contribution in [1.29, 1.82) is 0 Å². The van der Waals surface area contributed by atoms with Gasteiger partial charge in [0, 0.05) is 31.8 Å². The van der Waals surface area contributed by atoms with Gasteiger partial charge in [0.05, 0.1) is 6.61 Å². The first-order chi connectivity index (χ1) is 8.70. The van der Waals surface area contributed by atoms with E-state index in [4.69, 9.17) is 17.0 Å². The van der Waals surface area contributed by atoms with Crippen LogP contribution in [0.3, 0.4) is 0 Å². The number of methoxy groups -OCH3 is 1. The maximum atomic E-state index is 5.38. The Morgan fingerprint density at radius 3 is 3.00 bits per heavy atom. The molecule has 2 aliphatic rings. The molecule has 0 aliphatic carbocycles. The molecule has 0 amide bonds. The van der Waals surface area contributed by atoms with Gasteiger partial charge in [-0.25, -0.2) is 0 Å². The third kappa shape index (κ3) is 3.56. The molecule has 0 radical (unpaired) electrons. The fraction of sp³-hybridized carbons (Fsp3) is 0.923. The number of nitrogens with zero attached hydrogens (tertiary/aromatic N) is 1. The molecule has 5 heteroatoms. The SMILES string of the molecule is COCC(C)NC(=S)NC1CCN2CCCCC12. The third-order valence-corrected chi connectivity index (χ3v) is 4.20. The van der Waals surface area contributed by atoms with Crippen molar-refractivity contribution in [2.24, 2.45) is 0 Å². The van der Waals surface area contributed by atoms with Gasteiger partial charge in [0.2, 0.25) is 0 Å². The minimum atomic E-state index is 0.263. The highest BCUT2D eigenvalue weighted by molar-refractivity contribution is 7.80. The minimum Gasteiger partial charge on any atom is -0.383 e. The summed E-state index contributed by atoms with van der Waals surface area (Å²) >= 11 is 5.38. The summed E-state index contributed by atoms with van der Waals surface area (Å²) in [6, 6.07) is 1.48. The number of nitrogens with one attached hydrogen (secondary N) is 2. The van der Waals surface area contributed by atoms with Crippen molar-refractivity contribution in [2.75, 3.05) is 26.8 Å². The normalized spacial score (nSPS) is 29.7. The number of ether oxygens (including phenoxy) is 1. The van der Waals surface area contributed by atoms with Crippen LogP contribution in [0.1, 0.15) is 32.6 Å². The maximum absolute atomic E-state index is 5.38. The average Bonchev–Trinajstić information content (AvgIpc) is 2.73. The molecule has 104 valence electrons. The largest absolute Gasteiger partial charge is 0.383 e. The van der Waals surface area contributed by atoms with Gasteiger partial charge >= 0.3 is 0 Å². The van der Waals surface area contributed by atoms with Crippen LogP contribution in [0.15, 0.2) is 0 Å². The molecule has 18 heavy (non-hydrogen) atoms. The van der Waals surface area contributed by atoms with Crippen molar-refractivity contribution >= 4 is 17.3 Å². The van der Waals surface area contributed by atoms with Crippen molar-refractivity contribution in [2.45, 2.75) is 50.7 Å². The summed E-state index contributed by atoms with van der Waals surface area (Å²) in [5, 5.41) is 7.55. The summed E-state index contributed by atoms with van der Waals surface area (Å²) in [4.78, 5) is 2.61. The van der Waals surface area contributed by atoms with Gasteiger partial charge in [0.15, 0.2) is 5.11 Å². The van der Waals surface area contributed by atoms with Gasteiger partial charge in [-0.1, -0.05) is 6.42 Å². The second kappa shape index (κ2) is 6.68. The van der Waals surface area contributed by atoms with Gasteiger partial charge in [-0.15, -0.1) is 0 Å². The van der Waals surface area contributed by atoms with E-state index in [1.807, 2.05) is 0 Å². The Morgan fingerprint density at radius 1 is 1.39 bits per heavy atom. The van der Waals surface area contributed by atoms with E-state index in [2.05, 4.69) is 22.5 Å². The molecule has 2 saturated heterocycles. The van der Waals surface area contributed by atoms with Crippen molar-refractivity contribution in [3.8, 4) is 0 Å². The molecule has 2 aliphatic heterocycles. The third-order valence-electron chi connectivity index (χ3n) is 3.97. The Bertz CT molecular complexity index is 287. The smallest absolute Gasteiger partial charge is 0.166 e. The van der Waals surface area contributed by atoms with Gasteiger partial charge in [0.1, 0.15) is 0 Å². The molecule has 2 rings (SSSR count). The van der Waals surface area contributed by atoms with Crippen LogP contribution in [-0.2, 0) is 4.74 Å². The summed E-state index contributed by atoms with van der Waals surface area (Å²) in [5.41, 5.74) is 0. The molecule has 0 aromatic carbocycles. The van der Waals surface area contributed by atoms with Gasteiger partial charge in [-0.2, -0.15) is 0 Å². The molecule has 0 bridgehead atoms. The van der Waals surface area contributed by atoms with E-state index in [1.54, 1.807) is 7.11 Å². The summed E-state index contributed by atoms with van der Waals surface area (Å²) < 4.78 is 5.10. The molecular weight excluding hydrogens is 246 g/mol. The van der Waals surface area contributed by atoms with Crippen LogP contribution in [0.25, 0.3) is 0 Å². The molecule has 3 unspecified atom stereocenters. The summed E-state index contributed by atoms with van der Waals surface area (Å²) in [5.74, 6) is 0. The first kappa shape index (κ1) is 14.0. The number of fused-ring (bicyclic) bond motifs is 1. The molecule has 2 heterocycles. The molecular formula is C13H25N3OS. The second-order valence-corrected chi connectivity index (χ2v) is 5.88. The monoisotopic (exact) mass is 271 g/mol. The topological polar surface area (TPSA) is 36.5 Å². The Kier molecular flexibility index (Phi) is 5.21. The Labute approximate surface area is 115 Å². The van der Waals surface area contributed by atoms with Crippen molar-refractivity contribution in [3.63, 3.8) is 0 Å². The maximum Gasteiger partial charge on any atom is 0.166 e. The predicted octanol–water partition coefficient (Wildman–Crippen LogP) is 1.11. The quantitative estimate of drug-likeness (QED) is 0.749. The van der Waals surface area contributed by atoms with Crippen LogP contribution in [-0.4, -0.2) is 54.9 Å². The molecule has 2 N–H and O–H groups in total. The summed E-state index contributed by atoms with van der Waals surface area (Å²) in [7, 11) is 1.71. The van der Waals surface area contributed by atoms with Crippen LogP contribution in [0.5, 0.6) is 0 Å². The lowest BCUT2D eigenvalue weighted by Crippen LogP contribution is -2.51. The lowest BCUT2D eigenvalue weighted by molar-refractivity contribution is 0.177. The molecule has 0 aromatic heterocycles. The number of rotatable bonds is 4. The average molecular weight is 271 g/mol. The Hall–Kier alpha value is -0.390. The number of thiocarbonyl (C=S) groups is 1. The van der Waals surface area contributed by atoms with Crippen molar-refractivity contribution < 1.29 is 4.74 Å². The zero-order valence-corrected chi connectivity index (χ0v) is 12.3. The standard InChI is InChI=1S/C13H25N3OS/c1-10(9-17-2)14-13(18)15-11-6-8-16-7-4-3-5-12(11)16/h10-12H,3-9H2,1-2H3,(H2,14,15,18). The van der Waals surface area contributed by atoms with Gasteiger partial charge in [-0.3, -0.25) is 4.90 Å². The molecule has 0 saturated carbocycles. The molecule has 0 spiro atoms. The molecule has 2 fully saturated rings. The van der Waals surface area contributed by atoms with Crippen LogP contribution in [0.4, 0.5) is 0 Å². The van der Waals surface area contributed by atoms with E-state index in [-0.39, 0.29) is 6.04 Å². The first-order valence-electron chi connectivity index (χ1n) is 7.00. The molecule has 0 aromatic rings. The number of hydrogen-bond acceptors (Lipinski definition) is 3. The number of hydrogen-bond donors (Lipinski definition) is 2. The van der Waals surface area contributed by atoms with Crippen LogP contribution in [0, 0.1) is 0 Å². The van der Waals surface area contributed by atoms with Crippen molar-refractivity contribution in [1.82, 2.24) is 15.5 Å². The zero-order chi connectivity index (χ0) is 13.0. The van der Waals surface area contributed by atoms with Crippen LogP contribution in [0.2, 0.25) is 0 Å². The van der Waals surface area contributed by atoms with Gasteiger partial charge in [0.25, 0.3) is 0 Å². The van der Waals surface area contributed by atoms with E-state index in [1.165, 1.54) is 38.8 Å². The highest BCUT2D eigenvalue weighted by Crippen LogP contribution is 2.26. The fourth-order valence-corrected chi connectivity index (χ4v) is 3.49. The number of piperidine rings is 1. The lowest BCUT2D eigenvalue weighted by atomic mass is 9.99. The van der Waals surface area contributed by atoms with E-state index in [0.29, 0.717) is 18.7 Å². The second-order valence-electron chi connectivity index (χ2n) is 5.47. The fourth-order valence-electron chi connectivity index (χ4n) is 3.14. The zero-order valence-electron chi connectivity index (χ0n) is 11.4. The van der Waals surface area contributed by atoms with Gasteiger partial charge in [-0.05, 0) is 44.9 Å². The Balaban J connectivity index is 1.77. The summed E-state index contributed by atoms with van der Waals surface area (Å²) in [6.07, 6.45) is 5.25. The van der Waals surface area contributed by atoms with E-state index < -0.39 is 0 Å². The van der Waals surface area contributed by atoms with E-state index >= 15 is 0 Å². The lowest BCUT2D eigenvalue weighted by Gasteiger charge is -2.33. The highest BCUT2D eigenvalue weighted by atomic mass is 32.1. The summed E-state index contributed by atoms with van der Waals surface area (Å²) in [6.45, 7) is 5.25. The molecule has 4 nitrogen and oxygen atoms in total. The van der Waals surface area contributed by atoms with Crippen LogP contribution < -0.4 is 10.6 Å². The molecule has 3 atom stereocenters. The highest BCUT2D eigenvalue weighted by Gasteiger charge is 2.35.